The molecular weight excluding hydrogens is 410 g/mol. The van der Waals surface area contributed by atoms with Gasteiger partial charge in [0.25, 0.3) is 0 Å². The van der Waals surface area contributed by atoms with Crippen LogP contribution in [0.25, 0.3) is 5.69 Å². The first-order valence-electron chi connectivity index (χ1n) is 10.2. The molecule has 9 heteroatoms. The van der Waals surface area contributed by atoms with E-state index in [1.54, 1.807) is 24.3 Å². The van der Waals surface area contributed by atoms with Crippen LogP contribution in [-0.2, 0) is 16.1 Å². The minimum absolute atomic E-state index is 0.135. The molecule has 3 N–H and O–H groups in total. The van der Waals surface area contributed by atoms with Crippen molar-refractivity contribution in [3.63, 3.8) is 0 Å². The van der Waals surface area contributed by atoms with Gasteiger partial charge in [-0.2, -0.15) is 4.98 Å². The van der Waals surface area contributed by atoms with Crippen molar-refractivity contribution in [1.82, 2.24) is 14.5 Å². The predicted octanol–water partition coefficient (Wildman–Crippen LogP) is 2.55. The van der Waals surface area contributed by atoms with Crippen molar-refractivity contribution in [2.45, 2.75) is 25.5 Å². The summed E-state index contributed by atoms with van der Waals surface area (Å²) in [6, 6.07) is 17.1. The Morgan fingerprint density at radius 1 is 1.12 bits per heavy atom. The van der Waals surface area contributed by atoms with Crippen LogP contribution < -0.4 is 16.7 Å². The van der Waals surface area contributed by atoms with Crippen molar-refractivity contribution in [3.8, 4) is 5.69 Å². The number of anilines is 2. The molecule has 1 aliphatic rings. The van der Waals surface area contributed by atoms with Gasteiger partial charge in [0, 0.05) is 18.4 Å². The lowest BCUT2D eigenvalue weighted by Crippen LogP contribution is -2.43. The lowest BCUT2D eigenvalue weighted by atomic mass is 10.2. The van der Waals surface area contributed by atoms with E-state index in [1.807, 2.05) is 30.3 Å². The Labute approximate surface area is 184 Å². The Balaban J connectivity index is 1.42. The van der Waals surface area contributed by atoms with Crippen molar-refractivity contribution in [3.05, 3.63) is 82.9 Å². The summed E-state index contributed by atoms with van der Waals surface area (Å²) in [5.41, 5.74) is 6.94. The monoisotopic (exact) mass is 433 g/mol. The van der Waals surface area contributed by atoms with Crippen LogP contribution in [-0.4, -0.2) is 39.0 Å². The first-order chi connectivity index (χ1) is 15.5. The number of rotatable bonds is 5. The fraction of sp³-hybridized carbons (Fsp3) is 0.217. The molecule has 1 aromatic heterocycles. The number of nitrogens with one attached hydrogen (secondary N) is 1. The molecule has 2 heterocycles. The van der Waals surface area contributed by atoms with E-state index in [-0.39, 0.29) is 18.3 Å². The number of amides is 2. The predicted molar refractivity (Wildman–Crippen MR) is 119 cm³/mol. The Morgan fingerprint density at radius 2 is 1.94 bits per heavy atom. The van der Waals surface area contributed by atoms with Crippen LogP contribution in [0.15, 0.2) is 71.7 Å². The maximum Gasteiger partial charge on any atom is 0.410 e. The number of benzene rings is 2. The highest BCUT2D eigenvalue weighted by Crippen LogP contribution is 2.21. The number of hydrogen-bond donors (Lipinski definition) is 2. The Hall–Kier alpha value is -4.14. The van der Waals surface area contributed by atoms with Crippen molar-refractivity contribution in [2.75, 3.05) is 17.6 Å². The van der Waals surface area contributed by atoms with Gasteiger partial charge in [-0.05, 0) is 42.7 Å². The molecule has 1 saturated heterocycles. The highest BCUT2D eigenvalue weighted by atomic mass is 16.6. The van der Waals surface area contributed by atoms with Gasteiger partial charge >= 0.3 is 11.8 Å². The van der Waals surface area contributed by atoms with Gasteiger partial charge in [0.05, 0.1) is 5.69 Å². The molecule has 1 atom stereocenters. The molecule has 0 saturated carbocycles. The van der Waals surface area contributed by atoms with E-state index in [4.69, 9.17) is 10.5 Å². The fourth-order valence-electron chi connectivity index (χ4n) is 3.63. The van der Waals surface area contributed by atoms with Crippen LogP contribution in [0, 0.1) is 0 Å². The number of nitrogens with zero attached hydrogens (tertiary/aromatic N) is 3. The second-order valence-corrected chi connectivity index (χ2v) is 7.44. The molecule has 1 fully saturated rings. The largest absolute Gasteiger partial charge is 0.445 e. The van der Waals surface area contributed by atoms with Crippen LogP contribution in [0.4, 0.5) is 16.3 Å². The number of nitrogens with two attached hydrogens (primary N) is 1. The van der Waals surface area contributed by atoms with Crippen LogP contribution in [0.5, 0.6) is 0 Å². The maximum atomic E-state index is 12.9. The van der Waals surface area contributed by atoms with E-state index >= 15 is 0 Å². The molecule has 32 heavy (non-hydrogen) atoms. The molecule has 0 bridgehead atoms. The highest BCUT2D eigenvalue weighted by Gasteiger charge is 2.35. The number of carbonyl (C=O) groups excluding carboxylic acids is 2. The maximum absolute atomic E-state index is 12.9. The summed E-state index contributed by atoms with van der Waals surface area (Å²) in [5.74, 6) is -0.171. The number of hydrogen-bond acceptors (Lipinski definition) is 6. The molecule has 0 aliphatic carbocycles. The van der Waals surface area contributed by atoms with Gasteiger partial charge in [-0.1, -0.05) is 36.4 Å². The minimum atomic E-state index is -0.622. The summed E-state index contributed by atoms with van der Waals surface area (Å²) < 4.78 is 6.72. The van der Waals surface area contributed by atoms with Crippen LogP contribution in [0.1, 0.15) is 18.4 Å². The normalized spacial score (nSPS) is 15.4. The average molecular weight is 433 g/mol. The molecule has 0 radical (unpaired) electrons. The van der Waals surface area contributed by atoms with Gasteiger partial charge in [-0.15, -0.1) is 0 Å². The third-order valence-electron chi connectivity index (χ3n) is 5.21. The Bertz CT molecular complexity index is 1180. The van der Waals surface area contributed by atoms with Crippen LogP contribution in [0.3, 0.4) is 0 Å². The Morgan fingerprint density at radius 3 is 2.72 bits per heavy atom. The van der Waals surface area contributed by atoms with Crippen molar-refractivity contribution in [2.24, 2.45) is 0 Å². The van der Waals surface area contributed by atoms with Crippen molar-refractivity contribution < 1.29 is 14.3 Å². The van der Waals surface area contributed by atoms with Gasteiger partial charge in [-0.3, -0.25) is 14.3 Å². The summed E-state index contributed by atoms with van der Waals surface area (Å²) >= 11 is 0. The van der Waals surface area contributed by atoms with E-state index in [9.17, 15) is 14.4 Å². The number of carbonyl (C=O) groups is 2. The summed E-state index contributed by atoms with van der Waals surface area (Å²) in [4.78, 5) is 42.7. The molecule has 2 amide bonds. The summed E-state index contributed by atoms with van der Waals surface area (Å²) in [6.07, 6.45) is 2.27. The van der Waals surface area contributed by atoms with Crippen molar-refractivity contribution in [1.29, 1.82) is 0 Å². The quantitative estimate of drug-likeness (QED) is 0.638. The van der Waals surface area contributed by atoms with E-state index in [1.165, 1.54) is 21.7 Å². The number of nitrogen functional groups attached to an aromatic ring is 1. The second kappa shape index (κ2) is 9.34. The van der Waals surface area contributed by atoms with E-state index in [2.05, 4.69) is 10.3 Å². The zero-order valence-corrected chi connectivity index (χ0v) is 17.3. The molecule has 9 nitrogen and oxygen atoms in total. The van der Waals surface area contributed by atoms with E-state index < -0.39 is 17.8 Å². The minimum Gasteiger partial charge on any atom is -0.445 e. The standard InChI is InChI=1S/C23H23N5O4/c24-20-11-13-27(22(30)26-20)18-9-4-8-17(14-18)25-21(29)19-10-5-12-28(19)23(31)32-15-16-6-2-1-3-7-16/h1-4,6-9,11,13-14,19H,5,10,12,15H2,(H,25,29)(H2,24,26,30). The summed E-state index contributed by atoms with van der Waals surface area (Å²) in [5, 5.41) is 2.83. The lowest BCUT2D eigenvalue weighted by Gasteiger charge is -2.23. The molecule has 3 aromatic rings. The molecule has 0 spiro atoms. The number of likely N-dealkylation sites (tertiary alicyclic amines) is 1. The van der Waals surface area contributed by atoms with E-state index in [0.29, 0.717) is 30.8 Å². The average Bonchev–Trinajstić information content (AvgIpc) is 3.29. The second-order valence-electron chi connectivity index (χ2n) is 7.44. The molecule has 4 rings (SSSR count). The zero-order chi connectivity index (χ0) is 22.5. The lowest BCUT2D eigenvalue weighted by molar-refractivity contribution is -0.120. The van der Waals surface area contributed by atoms with Gasteiger partial charge in [0.1, 0.15) is 18.5 Å². The van der Waals surface area contributed by atoms with Crippen molar-refractivity contribution >= 4 is 23.5 Å². The van der Waals surface area contributed by atoms with Gasteiger partial charge in [0.15, 0.2) is 0 Å². The molecule has 164 valence electrons. The smallest absolute Gasteiger partial charge is 0.410 e. The highest BCUT2D eigenvalue weighted by molar-refractivity contribution is 5.97. The zero-order valence-electron chi connectivity index (χ0n) is 17.3. The third-order valence-corrected chi connectivity index (χ3v) is 5.21. The van der Waals surface area contributed by atoms with E-state index in [0.717, 1.165) is 5.56 Å². The van der Waals surface area contributed by atoms with Gasteiger partial charge < -0.3 is 15.8 Å². The van der Waals surface area contributed by atoms with Crippen LogP contribution >= 0.6 is 0 Å². The topological polar surface area (TPSA) is 120 Å². The summed E-state index contributed by atoms with van der Waals surface area (Å²) in [7, 11) is 0. The number of ether oxygens (including phenoxy) is 1. The first-order valence-corrected chi connectivity index (χ1v) is 10.2. The third kappa shape index (κ3) is 4.77. The molecule has 2 aromatic carbocycles. The first kappa shape index (κ1) is 21.1. The molecule has 1 unspecified atom stereocenters. The van der Waals surface area contributed by atoms with Gasteiger partial charge in [-0.25, -0.2) is 9.59 Å². The molecular formula is C23H23N5O4. The SMILES string of the molecule is Nc1ccn(-c2cccc(NC(=O)C3CCCN3C(=O)OCc3ccccc3)c2)c(=O)n1. The summed E-state index contributed by atoms with van der Waals surface area (Å²) in [6.45, 7) is 0.606. The Kier molecular flexibility index (Phi) is 6.16. The van der Waals surface area contributed by atoms with Crippen LogP contribution in [0.2, 0.25) is 0 Å². The fourth-order valence-corrected chi connectivity index (χ4v) is 3.63. The van der Waals surface area contributed by atoms with Gasteiger partial charge in [0.2, 0.25) is 5.91 Å². The molecule has 1 aliphatic heterocycles. The number of aromatic nitrogens is 2.